The monoisotopic (exact) mass is 196 g/mol. The van der Waals surface area contributed by atoms with E-state index in [1.165, 1.54) is 13.3 Å². The van der Waals surface area contributed by atoms with Crippen LogP contribution < -0.4 is 16.4 Å². The van der Waals surface area contributed by atoms with E-state index in [4.69, 9.17) is 5.73 Å². The maximum atomic E-state index is 10.5. The Morgan fingerprint density at radius 1 is 1.50 bits per heavy atom. The van der Waals surface area contributed by atoms with E-state index in [0.717, 1.165) is 0 Å². The predicted molar refractivity (Wildman–Crippen MR) is 51.4 cm³/mol. The zero-order valence-corrected chi connectivity index (χ0v) is 7.82. The van der Waals surface area contributed by atoms with Gasteiger partial charge >= 0.3 is 0 Å². The number of aromatic nitrogens is 3. The summed E-state index contributed by atoms with van der Waals surface area (Å²) in [5, 5.41) is 5.51. The Morgan fingerprint density at radius 3 is 2.93 bits per heavy atom. The Balaban J connectivity index is 2.28. The molecule has 0 fully saturated rings. The molecule has 0 bridgehead atoms. The van der Waals surface area contributed by atoms with Crippen molar-refractivity contribution < 1.29 is 4.79 Å². The molecule has 0 aromatic carbocycles. The Bertz CT molecular complexity index is 315. The van der Waals surface area contributed by atoms with Crippen molar-refractivity contribution in [2.45, 2.75) is 6.92 Å². The zero-order chi connectivity index (χ0) is 10.4. The van der Waals surface area contributed by atoms with E-state index < -0.39 is 0 Å². The van der Waals surface area contributed by atoms with E-state index >= 15 is 0 Å². The number of anilines is 2. The van der Waals surface area contributed by atoms with Gasteiger partial charge in [0.1, 0.15) is 6.33 Å². The Hall–Kier alpha value is -1.92. The highest BCUT2D eigenvalue weighted by atomic mass is 16.1. The van der Waals surface area contributed by atoms with Crippen LogP contribution in [0, 0.1) is 0 Å². The number of hydrogen-bond acceptors (Lipinski definition) is 6. The van der Waals surface area contributed by atoms with E-state index in [9.17, 15) is 4.79 Å². The molecule has 1 amide bonds. The van der Waals surface area contributed by atoms with E-state index in [0.29, 0.717) is 19.0 Å². The number of carbonyl (C=O) groups excluding carboxylic acids is 1. The summed E-state index contributed by atoms with van der Waals surface area (Å²) >= 11 is 0. The summed E-state index contributed by atoms with van der Waals surface area (Å²) in [6, 6.07) is 0. The van der Waals surface area contributed by atoms with Crippen LogP contribution in [0.1, 0.15) is 6.92 Å². The molecule has 4 N–H and O–H groups in total. The molecule has 1 heterocycles. The third-order valence-corrected chi connectivity index (χ3v) is 1.37. The van der Waals surface area contributed by atoms with Crippen molar-refractivity contribution in [3.63, 3.8) is 0 Å². The first-order valence-corrected chi connectivity index (χ1v) is 4.11. The third-order valence-electron chi connectivity index (χ3n) is 1.37. The van der Waals surface area contributed by atoms with Gasteiger partial charge in [-0.3, -0.25) is 4.79 Å². The highest BCUT2D eigenvalue weighted by Crippen LogP contribution is 1.95. The number of nitrogens with two attached hydrogens (primary N) is 1. The second-order valence-corrected chi connectivity index (χ2v) is 2.58. The van der Waals surface area contributed by atoms with Crippen LogP contribution in [-0.2, 0) is 4.79 Å². The largest absolute Gasteiger partial charge is 0.368 e. The van der Waals surface area contributed by atoms with Crippen LogP contribution in [0.4, 0.5) is 11.9 Å². The molecule has 0 saturated heterocycles. The normalized spacial score (nSPS) is 9.50. The lowest BCUT2D eigenvalue weighted by atomic mass is 10.6. The molecule has 14 heavy (non-hydrogen) atoms. The molecule has 7 heteroatoms. The van der Waals surface area contributed by atoms with Crippen LogP contribution >= 0.6 is 0 Å². The predicted octanol–water partition coefficient (Wildman–Crippen LogP) is -0.998. The molecule has 0 spiro atoms. The Kier molecular flexibility index (Phi) is 3.59. The van der Waals surface area contributed by atoms with Gasteiger partial charge < -0.3 is 16.4 Å². The molecular weight excluding hydrogens is 184 g/mol. The van der Waals surface area contributed by atoms with Crippen molar-refractivity contribution in [2.75, 3.05) is 24.1 Å². The molecule has 1 rings (SSSR count). The Morgan fingerprint density at radius 2 is 2.29 bits per heavy atom. The number of amides is 1. The number of nitrogens with zero attached hydrogens (tertiary/aromatic N) is 3. The minimum atomic E-state index is -0.0676. The minimum Gasteiger partial charge on any atom is -0.368 e. The lowest BCUT2D eigenvalue weighted by Gasteiger charge is -2.04. The van der Waals surface area contributed by atoms with Crippen molar-refractivity contribution in [3.05, 3.63) is 6.33 Å². The molecule has 0 atom stereocenters. The van der Waals surface area contributed by atoms with Gasteiger partial charge in [-0.2, -0.15) is 4.98 Å². The van der Waals surface area contributed by atoms with Gasteiger partial charge in [0, 0.05) is 20.0 Å². The fourth-order valence-corrected chi connectivity index (χ4v) is 0.807. The topological polar surface area (TPSA) is 106 Å². The molecule has 0 aliphatic rings. The molecule has 1 aromatic rings. The summed E-state index contributed by atoms with van der Waals surface area (Å²) in [6.45, 7) is 2.52. The molecule has 0 aliphatic carbocycles. The van der Waals surface area contributed by atoms with Gasteiger partial charge in [0.05, 0.1) is 0 Å². The highest BCUT2D eigenvalue weighted by Gasteiger charge is 1.96. The number of carbonyl (C=O) groups is 1. The zero-order valence-electron chi connectivity index (χ0n) is 7.82. The minimum absolute atomic E-state index is 0.0676. The van der Waals surface area contributed by atoms with E-state index in [1.54, 1.807) is 0 Å². The van der Waals surface area contributed by atoms with Gasteiger partial charge in [0.2, 0.25) is 17.8 Å². The molecule has 0 unspecified atom stereocenters. The molecule has 0 saturated carbocycles. The lowest BCUT2D eigenvalue weighted by Crippen LogP contribution is -2.26. The molecule has 0 aliphatic heterocycles. The molecule has 7 nitrogen and oxygen atoms in total. The standard InChI is InChI=1S/C7H12N6O/c1-5(14)9-2-3-10-7-12-4-11-6(8)13-7/h4H,2-3H2,1H3,(H,9,14)(H3,8,10,11,12,13). The molecule has 0 radical (unpaired) electrons. The smallest absolute Gasteiger partial charge is 0.227 e. The van der Waals surface area contributed by atoms with Crippen LogP contribution in [0.5, 0.6) is 0 Å². The highest BCUT2D eigenvalue weighted by molar-refractivity contribution is 5.72. The van der Waals surface area contributed by atoms with Crippen molar-refractivity contribution in [1.29, 1.82) is 0 Å². The SMILES string of the molecule is CC(=O)NCCNc1ncnc(N)n1. The van der Waals surface area contributed by atoms with Gasteiger partial charge in [0.15, 0.2) is 0 Å². The fraction of sp³-hybridized carbons (Fsp3) is 0.429. The van der Waals surface area contributed by atoms with Gasteiger partial charge in [-0.05, 0) is 0 Å². The van der Waals surface area contributed by atoms with Crippen LogP contribution in [0.25, 0.3) is 0 Å². The van der Waals surface area contributed by atoms with Crippen molar-refractivity contribution in [1.82, 2.24) is 20.3 Å². The second kappa shape index (κ2) is 4.95. The van der Waals surface area contributed by atoms with Gasteiger partial charge in [-0.1, -0.05) is 0 Å². The first-order chi connectivity index (χ1) is 6.68. The summed E-state index contributed by atoms with van der Waals surface area (Å²) in [5.74, 6) is 0.506. The van der Waals surface area contributed by atoms with Crippen LogP contribution in [0.15, 0.2) is 6.33 Å². The van der Waals surface area contributed by atoms with Crippen molar-refractivity contribution in [3.8, 4) is 0 Å². The maximum absolute atomic E-state index is 10.5. The fourth-order valence-electron chi connectivity index (χ4n) is 0.807. The summed E-state index contributed by atoms with van der Waals surface area (Å²) in [5.41, 5.74) is 5.34. The van der Waals surface area contributed by atoms with Crippen LogP contribution in [0.3, 0.4) is 0 Å². The quantitative estimate of drug-likeness (QED) is 0.533. The van der Waals surface area contributed by atoms with E-state index in [1.807, 2.05) is 0 Å². The average Bonchev–Trinajstić information content (AvgIpc) is 2.12. The van der Waals surface area contributed by atoms with Gasteiger partial charge in [0.25, 0.3) is 0 Å². The first-order valence-electron chi connectivity index (χ1n) is 4.11. The molecule has 1 aromatic heterocycles. The van der Waals surface area contributed by atoms with Gasteiger partial charge in [-0.15, -0.1) is 0 Å². The average molecular weight is 196 g/mol. The summed E-state index contributed by atoms with van der Waals surface area (Å²) < 4.78 is 0. The van der Waals surface area contributed by atoms with Crippen molar-refractivity contribution >= 4 is 17.8 Å². The van der Waals surface area contributed by atoms with Gasteiger partial charge in [-0.25, -0.2) is 9.97 Å². The first kappa shape index (κ1) is 10.2. The molecule has 76 valence electrons. The summed E-state index contributed by atoms with van der Waals surface area (Å²) in [6.07, 6.45) is 1.32. The molecular formula is C7H12N6O. The van der Waals surface area contributed by atoms with Crippen LogP contribution in [0.2, 0.25) is 0 Å². The number of nitrogens with one attached hydrogen (secondary N) is 2. The number of rotatable bonds is 4. The maximum Gasteiger partial charge on any atom is 0.227 e. The summed E-state index contributed by atoms with van der Waals surface area (Å²) in [4.78, 5) is 21.8. The van der Waals surface area contributed by atoms with Crippen LogP contribution in [-0.4, -0.2) is 33.9 Å². The van der Waals surface area contributed by atoms with E-state index in [2.05, 4.69) is 25.6 Å². The van der Waals surface area contributed by atoms with E-state index in [-0.39, 0.29) is 11.9 Å². The third kappa shape index (κ3) is 3.65. The summed E-state index contributed by atoms with van der Waals surface area (Å²) in [7, 11) is 0. The lowest BCUT2D eigenvalue weighted by molar-refractivity contribution is -0.118. The van der Waals surface area contributed by atoms with Crippen molar-refractivity contribution in [2.24, 2.45) is 0 Å². The second-order valence-electron chi connectivity index (χ2n) is 2.58. The number of hydrogen-bond donors (Lipinski definition) is 3. The Labute approximate surface area is 81.2 Å². The number of nitrogen functional groups attached to an aromatic ring is 1.